The number of hydrogen-bond donors (Lipinski definition) is 4. The third kappa shape index (κ3) is 3.12. The number of carbonyl (C=O) groups is 1. The molecule has 1 atom stereocenters. The van der Waals surface area contributed by atoms with Crippen molar-refractivity contribution in [3.8, 4) is 11.3 Å². The van der Waals surface area contributed by atoms with E-state index in [9.17, 15) is 14.7 Å². The average Bonchev–Trinajstić information content (AvgIpc) is 3.04. The lowest BCUT2D eigenvalue weighted by Gasteiger charge is -2.25. The van der Waals surface area contributed by atoms with Crippen molar-refractivity contribution in [1.82, 2.24) is 20.2 Å². The van der Waals surface area contributed by atoms with Gasteiger partial charge in [0.25, 0.3) is 5.56 Å². The van der Waals surface area contributed by atoms with Crippen LogP contribution in [0.2, 0.25) is 0 Å². The second-order valence-electron chi connectivity index (χ2n) is 7.18. The molecule has 7 nitrogen and oxygen atoms in total. The van der Waals surface area contributed by atoms with Gasteiger partial charge in [-0.15, -0.1) is 0 Å². The van der Waals surface area contributed by atoms with Gasteiger partial charge in [0.2, 0.25) is 0 Å². The highest BCUT2D eigenvalue weighted by atomic mass is 16.4. The highest BCUT2D eigenvalue weighted by molar-refractivity contribution is 5.89. The summed E-state index contributed by atoms with van der Waals surface area (Å²) in [6, 6.07) is 10.0. The summed E-state index contributed by atoms with van der Waals surface area (Å²) in [4.78, 5) is 26.2. The molecule has 7 heteroatoms. The van der Waals surface area contributed by atoms with Gasteiger partial charge in [0.1, 0.15) is 5.56 Å². The van der Waals surface area contributed by atoms with E-state index in [4.69, 9.17) is 0 Å². The Morgan fingerprint density at radius 2 is 2.07 bits per heavy atom. The summed E-state index contributed by atoms with van der Waals surface area (Å²) in [5, 5.41) is 17.3. The van der Waals surface area contributed by atoms with Crippen molar-refractivity contribution in [2.75, 3.05) is 19.6 Å². The Bertz CT molecular complexity index is 1110. The number of pyridine rings is 1. The van der Waals surface area contributed by atoms with E-state index in [1.165, 1.54) is 11.8 Å². The van der Waals surface area contributed by atoms with E-state index in [1.54, 1.807) is 0 Å². The van der Waals surface area contributed by atoms with Gasteiger partial charge in [0.15, 0.2) is 0 Å². The number of aromatic amines is 1. The molecular formula is C21H24N4O3. The first kappa shape index (κ1) is 18.5. The number of aromatic carboxylic acids is 1. The summed E-state index contributed by atoms with van der Waals surface area (Å²) >= 11 is 0. The predicted molar refractivity (Wildman–Crippen MR) is 109 cm³/mol. The third-order valence-electron chi connectivity index (χ3n) is 5.50. The average molecular weight is 380 g/mol. The quantitative estimate of drug-likeness (QED) is 0.555. The van der Waals surface area contributed by atoms with Gasteiger partial charge < -0.3 is 25.3 Å². The second-order valence-corrected chi connectivity index (χ2v) is 7.18. The van der Waals surface area contributed by atoms with Gasteiger partial charge in [-0.1, -0.05) is 13.0 Å². The molecule has 2 aromatic heterocycles. The maximum Gasteiger partial charge on any atom is 0.341 e. The Morgan fingerprint density at radius 3 is 2.75 bits per heavy atom. The molecule has 3 aromatic rings. The van der Waals surface area contributed by atoms with Crippen LogP contribution in [0, 0.1) is 0 Å². The molecule has 4 N–H and O–H groups in total. The van der Waals surface area contributed by atoms with E-state index in [0.29, 0.717) is 12.1 Å². The van der Waals surface area contributed by atoms with Crippen molar-refractivity contribution in [3.05, 3.63) is 57.5 Å². The Hall–Kier alpha value is -2.90. The molecule has 1 saturated heterocycles. The number of fused-ring (bicyclic) bond motifs is 1. The van der Waals surface area contributed by atoms with Crippen LogP contribution in [0.1, 0.15) is 34.6 Å². The molecule has 1 aliphatic rings. The Morgan fingerprint density at radius 1 is 1.25 bits per heavy atom. The maximum absolute atomic E-state index is 12.2. The van der Waals surface area contributed by atoms with Crippen LogP contribution in [-0.2, 0) is 13.5 Å². The first-order valence-corrected chi connectivity index (χ1v) is 9.53. The number of aromatic nitrogens is 2. The molecule has 1 fully saturated rings. The molecule has 0 radical (unpaired) electrons. The molecule has 1 aliphatic heterocycles. The number of nitrogens with zero attached hydrogens (tertiary/aromatic N) is 1. The van der Waals surface area contributed by atoms with Crippen LogP contribution in [0.15, 0.2) is 35.1 Å². The number of piperazine rings is 1. The molecule has 0 spiro atoms. The lowest BCUT2D eigenvalue weighted by molar-refractivity contribution is 0.0695. The van der Waals surface area contributed by atoms with Gasteiger partial charge in [0, 0.05) is 43.3 Å². The van der Waals surface area contributed by atoms with E-state index < -0.39 is 11.5 Å². The Balaban J connectivity index is 1.81. The highest BCUT2D eigenvalue weighted by Gasteiger charge is 2.20. The molecule has 0 bridgehead atoms. The van der Waals surface area contributed by atoms with Gasteiger partial charge in [-0.25, -0.2) is 4.79 Å². The molecule has 3 heterocycles. The zero-order valence-electron chi connectivity index (χ0n) is 16.0. The smallest absolute Gasteiger partial charge is 0.341 e. The summed E-state index contributed by atoms with van der Waals surface area (Å²) in [6.45, 7) is 4.75. The largest absolute Gasteiger partial charge is 0.477 e. The number of nitrogens with one attached hydrogen (secondary N) is 3. The molecule has 0 saturated carbocycles. The molecule has 1 aromatic carbocycles. The Kier molecular flexibility index (Phi) is 4.78. The molecular weight excluding hydrogens is 356 g/mol. The fourth-order valence-electron chi connectivity index (χ4n) is 3.99. The number of hydrogen-bond acceptors (Lipinski definition) is 4. The minimum atomic E-state index is -1.21. The molecule has 4 rings (SSSR count). The highest BCUT2D eigenvalue weighted by Crippen LogP contribution is 2.29. The van der Waals surface area contributed by atoms with Crippen molar-refractivity contribution in [2.24, 2.45) is 7.05 Å². The zero-order valence-corrected chi connectivity index (χ0v) is 16.0. The lowest BCUT2D eigenvalue weighted by Crippen LogP contribution is -2.43. The van der Waals surface area contributed by atoms with E-state index in [2.05, 4.69) is 39.4 Å². The second kappa shape index (κ2) is 7.26. The first-order valence-electron chi connectivity index (χ1n) is 9.53. The topological polar surface area (TPSA) is 99.2 Å². The summed E-state index contributed by atoms with van der Waals surface area (Å²) < 4.78 is 2.20. The third-order valence-corrected chi connectivity index (χ3v) is 5.50. The minimum absolute atomic E-state index is 0.223. The standard InChI is InChI=1S/C21H24N4O3/c1-3-12-9-15(21(27)28)20(26)24-19(12)13-4-5-17-14(8-13)10-18(25(17)2)16-11-22-6-7-23-16/h4-5,8-10,16,22-23H,3,6-7,11H2,1-2H3,(H,24,26)(H,27,28). The fourth-order valence-corrected chi connectivity index (χ4v) is 3.99. The van der Waals surface area contributed by atoms with E-state index in [0.717, 1.165) is 41.7 Å². The normalized spacial score (nSPS) is 17.1. The lowest BCUT2D eigenvalue weighted by atomic mass is 10.0. The molecule has 0 aliphatic carbocycles. The minimum Gasteiger partial charge on any atom is -0.477 e. The number of carboxylic acid groups (broad SMARTS) is 1. The van der Waals surface area contributed by atoms with Crippen LogP contribution in [0.5, 0.6) is 0 Å². The van der Waals surface area contributed by atoms with Gasteiger partial charge in [-0.2, -0.15) is 0 Å². The van der Waals surface area contributed by atoms with Crippen LogP contribution in [0.25, 0.3) is 22.2 Å². The molecule has 146 valence electrons. The maximum atomic E-state index is 12.2. The summed E-state index contributed by atoms with van der Waals surface area (Å²) in [5.41, 5.74) is 3.90. The first-order chi connectivity index (χ1) is 13.5. The van der Waals surface area contributed by atoms with Gasteiger partial charge >= 0.3 is 5.97 Å². The molecule has 0 amide bonds. The number of carboxylic acids is 1. The summed E-state index contributed by atoms with van der Waals surface area (Å²) in [5.74, 6) is -1.21. The molecule has 28 heavy (non-hydrogen) atoms. The summed E-state index contributed by atoms with van der Waals surface area (Å²) in [6.07, 6.45) is 0.627. The van der Waals surface area contributed by atoms with Crippen LogP contribution in [0.4, 0.5) is 0 Å². The van der Waals surface area contributed by atoms with Crippen molar-refractivity contribution in [1.29, 1.82) is 0 Å². The summed E-state index contributed by atoms with van der Waals surface area (Å²) in [7, 11) is 2.06. The van der Waals surface area contributed by atoms with Crippen LogP contribution >= 0.6 is 0 Å². The van der Waals surface area contributed by atoms with Crippen LogP contribution in [0.3, 0.4) is 0 Å². The monoisotopic (exact) mass is 380 g/mol. The number of aryl methyl sites for hydroxylation is 2. The van der Waals surface area contributed by atoms with Crippen LogP contribution < -0.4 is 16.2 Å². The number of rotatable bonds is 4. The van der Waals surface area contributed by atoms with E-state index in [-0.39, 0.29) is 11.6 Å². The van der Waals surface area contributed by atoms with Crippen molar-refractivity contribution >= 4 is 16.9 Å². The zero-order chi connectivity index (χ0) is 19.8. The van der Waals surface area contributed by atoms with Crippen molar-refractivity contribution in [2.45, 2.75) is 19.4 Å². The van der Waals surface area contributed by atoms with Gasteiger partial charge in [-0.05, 0) is 41.8 Å². The number of benzene rings is 1. The van der Waals surface area contributed by atoms with Crippen LogP contribution in [-0.4, -0.2) is 40.3 Å². The van der Waals surface area contributed by atoms with Crippen molar-refractivity contribution in [3.63, 3.8) is 0 Å². The SMILES string of the molecule is CCc1cc(C(=O)O)c(=O)[nH]c1-c1ccc2c(c1)cc(C1CNCCN1)n2C. The van der Waals surface area contributed by atoms with E-state index >= 15 is 0 Å². The van der Waals surface area contributed by atoms with Gasteiger partial charge in [-0.3, -0.25) is 4.79 Å². The number of H-pyrrole nitrogens is 1. The molecule has 1 unspecified atom stereocenters. The fraction of sp³-hybridized carbons (Fsp3) is 0.333. The van der Waals surface area contributed by atoms with Crippen molar-refractivity contribution < 1.29 is 9.90 Å². The van der Waals surface area contributed by atoms with Gasteiger partial charge in [0.05, 0.1) is 11.7 Å². The Labute approximate surface area is 162 Å². The van der Waals surface area contributed by atoms with E-state index in [1.807, 2.05) is 19.1 Å². The predicted octanol–water partition coefficient (Wildman–Crippen LogP) is 2.03.